The van der Waals surface area contributed by atoms with Crippen LogP contribution in [-0.2, 0) is 15.4 Å². The number of hydrogen-bond acceptors (Lipinski definition) is 5. The summed E-state index contributed by atoms with van der Waals surface area (Å²) in [6.45, 7) is 8.55. The van der Waals surface area contributed by atoms with Crippen LogP contribution in [0.3, 0.4) is 0 Å². The lowest BCUT2D eigenvalue weighted by molar-refractivity contribution is 0.0995. The molecule has 1 saturated heterocycles. The number of hydrogen-bond donors (Lipinski definition) is 2. The molecule has 0 bridgehead atoms. The third-order valence-electron chi connectivity index (χ3n) is 4.89. The first-order valence-electron chi connectivity index (χ1n) is 9.25. The number of carbonyl (C=O) groups is 1. The van der Waals surface area contributed by atoms with Crippen molar-refractivity contribution in [2.45, 2.75) is 50.8 Å². The lowest BCUT2D eigenvalue weighted by atomic mass is 9.87. The number of rotatable bonds is 4. The molecule has 3 rings (SSSR count). The number of aryl methyl sites for hydroxylation is 1. The van der Waals surface area contributed by atoms with Crippen molar-refractivity contribution in [3.8, 4) is 5.75 Å². The zero-order chi connectivity index (χ0) is 20.7. The fourth-order valence-electron chi connectivity index (χ4n) is 3.19. The molecule has 1 aromatic heterocycles. The molecule has 0 atom stereocenters. The van der Waals surface area contributed by atoms with Crippen molar-refractivity contribution in [3.63, 3.8) is 0 Å². The Morgan fingerprint density at radius 2 is 1.82 bits per heavy atom. The summed E-state index contributed by atoms with van der Waals surface area (Å²) in [5, 5.41) is 12.7. The van der Waals surface area contributed by atoms with Crippen molar-refractivity contribution >= 4 is 21.6 Å². The van der Waals surface area contributed by atoms with Crippen molar-refractivity contribution in [3.05, 3.63) is 41.3 Å². The average molecular weight is 407 g/mol. The summed E-state index contributed by atoms with van der Waals surface area (Å²) in [7, 11) is -3.68. The van der Waals surface area contributed by atoms with E-state index in [9.17, 15) is 18.3 Å². The molecule has 1 amide bonds. The number of furan rings is 1. The quantitative estimate of drug-likeness (QED) is 0.756. The zero-order valence-corrected chi connectivity index (χ0v) is 17.4. The van der Waals surface area contributed by atoms with E-state index in [2.05, 4.69) is 5.32 Å². The number of carbonyl (C=O) groups excluding carboxylic acids is 1. The van der Waals surface area contributed by atoms with E-state index in [1.165, 1.54) is 23.4 Å². The maximum atomic E-state index is 12.8. The van der Waals surface area contributed by atoms with Gasteiger partial charge in [-0.1, -0.05) is 26.8 Å². The predicted molar refractivity (Wildman–Crippen MR) is 106 cm³/mol. The number of phenolic OH excluding ortho intramolecular Hbond substituents is 1. The third kappa shape index (κ3) is 3.93. The van der Waals surface area contributed by atoms with E-state index in [0.29, 0.717) is 13.1 Å². The molecule has 152 valence electrons. The average Bonchev–Trinajstić information content (AvgIpc) is 3.26. The van der Waals surface area contributed by atoms with Crippen molar-refractivity contribution in [1.82, 2.24) is 4.31 Å². The first kappa shape index (κ1) is 20.4. The Morgan fingerprint density at radius 3 is 2.43 bits per heavy atom. The van der Waals surface area contributed by atoms with Crippen LogP contribution in [-0.4, -0.2) is 36.8 Å². The first-order valence-corrected chi connectivity index (χ1v) is 10.7. The van der Waals surface area contributed by atoms with Gasteiger partial charge in [0, 0.05) is 19.2 Å². The summed E-state index contributed by atoms with van der Waals surface area (Å²) in [4.78, 5) is 12.6. The van der Waals surface area contributed by atoms with Gasteiger partial charge in [-0.2, -0.15) is 4.31 Å². The lowest BCUT2D eigenvalue weighted by Gasteiger charge is -2.20. The van der Waals surface area contributed by atoms with Crippen LogP contribution in [0.25, 0.3) is 0 Å². The van der Waals surface area contributed by atoms with Crippen LogP contribution in [0.1, 0.15) is 55.5 Å². The Kier molecular flexibility index (Phi) is 5.29. The van der Waals surface area contributed by atoms with Crippen molar-refractivity contribution < 1.29 is 22.7 Å². The van der Waals surface area contributed by atoms with Gasteiger partial charge in [-0.05, 0) is 42.9 Å². The zero-order valence-electron chi connectivity index (χ0n) is 16.6. The Labute approximate surface area is 165 Å². The van der Waals surface area contributed by atoms with Crippen LogP contribution in [0.5, 0.6) is 5.75 Å². The first-order chi connectivity index (χ1) is 13.0. The van der Waals surface area contributed by atoms with Gasteiger partial charge in [0.25, 0.3) is 5.91 Å². The Balaban J connectivity index is 1.87. The van der Waals surface area contributed by atoms with Gasteiger partial charge < -0.3 is 14.8 Å². The van der Waals surface area contributed by atoms with Crippen LogP contribution in [0.4, 0.5) is 5.69 Å². The van der Waals surface area contributed by atoms with Crippen LogP contribution < -0.4 is 5.32 Å². The maximum Gasteiger partial charge on any atom is 0.291 e. The number of amides is 1. The minimum atomic E-state index is -3.68. The summed E-state index contributed by atoms with van der Waals surface area (Å²) in [6.07, 6.45) is 1.65. The highest BCUT2D eigenvalue weighted by Gasteiger charge is 2.32. The molecule has 0 spiro atoms. The molecule has 1 aliphatic heterocycles. The predicted octanol–water partition coefficient (Wildman–Crippen LogP) is 3.63. The summed E-state index contributed by atoms with van der Waals surface area (Å²) in [5.74, 6) is -0.637. The van der Waals surface area contributed by atoms with E-state index >= 15 is 0 Å². The number of nitrogens with one attached hydrogen (secondary N) is 1. The van der Waals surface area contributed by atoms with Gasteiger partial charge in [0.05, 0.1) is 5.69 Å². The van der Waals surface area contributed by atoms with Crippen LogP contribution in [0, 0.1) is 6.92 Å². The van der Waals surface area contributed by atoms with Gasteiger partial charge in [-0.15, -0.1) is 0 Å². The highest BCUT2D eigenvalue weighted by Crippen LogP contribution is 2.32. The van der Waals surface area contributed by atoms with Crippen LogP contribution >= 0.6 is 0 Å². The molecule has 1 fully saturated rings. The molecule has 0 radical (unpaired) electrons. The van der Waals surface area contributed by atoms with Gasteiger partial charge in [0.2, 0.25) is 10.0 Å². The van der Waals surface area contributed by atoms with E-state index in [4.69, 9.17) is 4.42 Å². The standard InChI is InChI=1S/C20H26N2O5S/c1-13-18(28(25,26)22-9-5-6-10-22)12-17(27-13)19(24)21-15-11-14(20(2,3)4)7-8-16(15)23/h7-8,11-12,23H,5-6,9-10H2,1-4H3,(H,21,24). The number of aromatic hydroxyl groups is 1. The molecule has 8 heteroatoms. The monoisotopic (exact) mass is 406 g/mol. The van der Waals surface area contributed by atoms with E-state index in [0.717, 1.165) is 18.4 Å². The fourth-order valence-corrected chi connectivity index (χ4v) is 4.87. The van der Waals surface area contributed by atoms with Gasteiger partial charge in [0.15, 0.2) is 5.76 Å². The Hall–Kier alpha value is -2.32. The molecule has 1 aromatic carbocycles. The van der Waals surface area contributed by atoms with Crippen molar-refractivity contribution in [1.29, 1.82) is 0 Å². The molecule has 0 aliphatic carbocycles. The molecule has 2 N–H and O–H groups in total. The number of anilines is 1. The topological polar surface area (TPSA) is 99.8 Å². The third-order valence-corrected chi connectivity index (χ3v) is 6.90. The van der Waals surface area contributed by atoms with Crippen molar-refractivity contribution in [2.75, 3.05) is 18.4 Å². The van der Waals surface area contributed by atoms with E-state index in [1.807, 2.05) is 20.8 Å². The van der Waals surface area contributed by atoms with Crippen LogP contribution in [0.2, 0.25) is 0 Å². The molecule has 7 nitrogen and oxygen atoms in total. The molecule has 2 aromatic rings. The summed E-state index contributed by atoms with van der Waals surface area (Å²) in [5.41, 5.74) is 1.02. The van der Waals surface area contributed by atoms with E-state index in [1.54, 1.807) is 12.1 Å². The van der Waals surface area contributed by atoms with Crippen LogP contribution in [0.15, 0.2) is 33.6 Å². The van der Waals surface area contributed by atoms with Gasteiger partial charge >= 0.3 is 0 Å². The Bertz CT molecular complexity index is 996. The van der Waals surface area contributed by atoms with Gasteiger partial charge in [0.1, 0.15) is 16.4 Å². The SMILES string of the molecule is Cc1oc(C(=O)Nc2cc(C(C)(C)C)ccc2O)cc1S(=O)(=O)N1CCCC1. The Morgan fingerprint density at radius 1 is 1.18 bits per heavy atom. The largest absolute Gasteiger partial charge is 0.506 e. The summed E-state index contributed by atoms with van der Waals surface area (Å²) in [6, 6.07) is 6.27. The number of phenols is 1. The number of nitrogens with zero attached hydrogens (tertiary/aromatic N) is 1. The maximum absolute atomic E-state index is 12.8. The molecular formula is C20H26N2O5S. The minimum absolute atomic E-state index is 0.00668. The highest BCUT2D eigenvalue weighted by atomic mass is 32.2. The molecule has 28 heavy (non-hydrogen) atoms. The fraction of sp³-hybridized carbons (Fsp3) is 0.450. The second kappa shape index (κ2) is 7.25. The van der Waals surface area contributed by atoms with Gasteiger partial charge in [-0.25, -0.2) is 8.42 Å². The summed E-state index contributed by atoms with van der Waals surface area (Å²) >= 11 is 0. The molecule has 2 heterocycles. The van der Waals surface area contributed by atoms with Gasteiger partial charge in [-0.3, -0.25) is 4.79 Å². The van der Waals surface area contributed by atoms with E-state index in [-0.39, 0.29) is 33.3 Å². The number of benzene rings is 1. The number of sulfonamides is 1. The smallest absolute Gasteiger partial charge is 0.291 e. The molecule has 0 saturated carbocycles. The highest BCUT2D eigenvalue weighted by molar-refractivity contribution is 7.89. The minimum Gasteiger partial charge on any atom is -0.506 e. The lowest BCUT2D eigenvalue weighted by Crippen LogP contribution is -2.28. The van der Waals surface area contributed by atoms with E-state index < -0.39 is 15.9 Å². The van der Waals surface area contributed by atoms with Crippen molar-refractivity contribution in [2.24, 2.45) is 0 Å². The second-order valence-corrected chi connectivity index (χ2v) is 9.98. The summed E-state index contributed by atoms with van der Waals surface area (Å²) < 4.78 is 32.3. The second-order valence-electron chi connectivity index (χ2n) is 8.08. The molecular weight excluding hydrogens is 380 g/mol. The normalized spacial score (nSPS) is 15.7. The molecule has 1 aliphatic rings. The molecule has 0 unspecified atom stereocenters.